The van der Waals surface area contributed by atoms with E-state index in [1.165, 1.54) is 12.1 Å². The molecule has 1 atom stereocenters. The minimum atomic E-state index is -4.28. The highest BCUT2D eigenvalue weighted by molar-refractivity contribution is 5.29. The van der Waals surface area contributed by atoms with Gasteiger partial charge >= 0.3 is 6.18 Å². The summed E-state index contributed by atoms with van der Waals surface area (Å²) < 4.78 is 43.2. The summed E-state index contributed by atoms with van der Waals surface area (Å²) in [5.41, 5.74) is -0.631. The van der Waals surface area contributed by atoms with E-state index in [0.29, 0.717) is 11.7 Å². The SMILES string of the molecule is FC(F)(F)c1ccc(O[C@H]2CN3CCC2CC3)cc1. The topological polar surface area (TPSA) is 12.5 Å². The van der Waals surface area contributed by atoms with Gasteiger partial charge in [0.1, 0.15) is 11.9 Å². The van der Waals surface area contributed by atoms with Crippen molar-refractivity contribution in [2.24, 2.45) is 5.92 Å². The molecule has 0 unspecified atom stereocenters. The van der Waals surface area contributed by atoms with Gasteiger partial charge in [0.2, 0.25) is 0 Å². The molecule has 19 heavy (non-hydrogen) atoms. The normalized spacial score (nSPS) is 30.4. The Kier molecular flexibility index (Phi) is 3.17. The lowest BCUT2D eigenvalue weighted by molar-refractivity contribution is -0.137. The molecule has 3 fully saturated rings. The van der Waals surface area contributed by atoms with Gasteiger partial charge in [0.05, 0.1) is 5.56 Å². The lowest BCUT2D eigenvalue weighted by atomic mass is 9.86. The zero-order valence-corrected chi connectivity index (χ0v) is 10.5. The summed E-state index contributed by atoms with van der Waals surface area (Å²) in [7, 11) is 0. The number of rotatable bonds is 2. The molecule has 0 aromatic heterocycles. The molecule has 0 spiro atoms. The van der Waals surface area contributed by atoms with Gasteiger partial charge < -0.3 is 4.74 Å². The van der Waals surface area contributed by atoms with Gasteiger partial charge in [-0.25, -0.2) is 0 Å². The van der Waals surface area contributed by atoms with Crippen molar-refractivity contribution in [2.75, 3.05) is 19.6 Å². The predicted octanol–water partition coefficient (Wildman–Crippen LogP) is 3.18. The molecule has 4 rings (SSSR count). The molecule has 0 aliphatic carbocycles. The summed E-state index contributed by atoms with van der Waals surface area (Å²) in [5, 5.41) is 0. The summed E-state index contributed by atoms with van der Waals surface area (Å²) in [6.45, 7) is 3.14. The first-order valence-electron chi connectivity index (χ1n) is 6.58. The Morgan fingerprint density at radius 2 is 1.68 bits per heavy atom. The van der Waals surface area contributed by atoms with Gasteiger partial charge in [0.25, 0.3) is 0 Å². The Balaban J connectivity index is 1.67. The van der Waals surface area contributed by atoms with Gasteiger partial charge in [-0.2, -0.15) is 13.2 Å². The highest BCUT2D eigenvalue weighted by Crippen LogP contribution is 2.33. The molecule has 1 aromatic rings. The van der Waals surface area contributed by atoms with E-state index in [1.807, 2.05) is 0 Å². The molecule has 2 nitrogen and oxygen atoms in total. The number of piperidine rings is 3. The minimum Gasteiger partial charge on any atom is -0.489 e. The van der Waals surface area contributed by atoms with E-state index in [2.05, 4.69) is 4.90 Å². The van der Waals surface area contributed by atoms with E-state index in [4.69, 9.17) is 4.74 Å². The van der Waals surface area contributed by atoms with E-state index >= 15 is 0 Å². The summed E-state index contributed by atoms with van der Waals surface area (Å²) >= 11 is 0. The highest BCUT2D eigenvalue weighted by Gasteiger charge is 2.35. The molecular formula is C14H16F3NO. The third-order valence-electron chi connectivity index (χ3n) is 4.07. The van der Waals surface area contributed by atoms with E-state index in [-0.39, 0.29) is 6.10 Å². The highest BCUT2D eigenvalue weighted by atomic mass is 19.4. The number of ether oxygens (including phenoxy) is 1. The maximum absolute atomic E-state index is 12.5. The molecule has 3 aliphatic heterocycles. The summed E-state index contributed by atoms with van der Waals surface area (Å²) in [6.07, 6.45) is -1.90. The van der Waals surface area contributed by atoms with Crippen molar-refractivity contribution < 1.29 is 17.9 Å². The number of fused-ring (bicyclic) bond motifs is 3. The van der Waals surface area contributed by atoms with Crippen LogP contribution in [0, 0.1) is 5.92 Å². The second-order valence-corrected chi connectivity index (χ2v) is 5.32. The minimum absolute atomic E-state index is 0.124. The standard InChI is InChI=1S/C14H16F3NO/c15-14(16,17)11-1-3-12(4-2-11)19-13-9-18-7-5-10(13)6-8-18/h1-4,10,13H,5-9H2/t13-/m0/s1. The van der Waals surface area contributed by atoms with Crippen LogP contribution in [0.4, 0.5) is 13.2 Å². The molecule has 5 heteroatoms. The lowest BCUT2D eigenvalue weighted by Gasteiger charge is -2.44. The molecule has 1 aromatic carbocycles. The van der Waals surface area contributed by atoms with Crippen LogP contribution in [0.15, 0.2) is 24.3 Å². The van der Waals surface area contributed by atoms with Crippen LogP contribution < -0.4 is 4.74 Å². The van der Waals surface area contributed by atoms with Gasteiger partial charge in [-0.15, -0.1) is 0 Å². The Morgan fingerprint density at radius 1 is 1.05 bits per heavy atom. The number of halogens is 3. The zero-order valence-electron chi connectivity index (χ0n) is 10.5. The average Bonchev–Trinajstić information content (AvgIpc) is 2.40. The largest absolute Gasteiger partial charge is 0.489 e. The molecule has 0 saturated carbocycles. The molecule has 3 aliphatic rings. The molecule has 0 amide bonds. The number of benzene rings is 1. The van der Waals surface area contributed by atoms with Crippen molar-refractivity contribution in [3.63, 3.8) is 0 Å². The molecular weight excluding hydrogens is 255 g/mol. The molecule has 2 bridgehead atoms. The third kappa shape index (κ3) is 2.71. The predicted molar refractivity (Wildman–Crippen MR) is 65.0 cm³/mol. The zero-order chi connectivity index (χ0) is 13.5. The molecule has 0 N–H and O–H groups in total. The van der Waals surface area contributed by atoms with Crippen molar-refractivity contribution in [3.05, 3.63) is 29.8 Å². The second-order valence-electron chi connectivity index (χ2n) is 5.32. The van der Waals surface area contributed by atoms with Gasteiger partial charge in [-0.05, 0) is 56.1 Å². The first-order chi connectivity index (χ1) is 9.02. The van der Waals surface area contributed by atoms with Gasteiger partial charge in [-0.3, -0.25) is 4.90 Å². The van der Waals surface area contributed by atoms with E-state index in [9.17, 15) is 13.2 Å². The fourth-order valence-corrected chi connectivity index (χ4v) is 2.94. The van der Waals surface area contributed by atoms with Gasteiger partial charge in [0.15, 0.2) is 0 Å². The monoisotopic (exact) mass is 271 g/mol. The van der Waals surface area contributed by atoms with Crippen LogP contribution in [-0.4, -0.2) is 30.6 Å². The summed E-state index contributed by atoms with van der Waals surface area (Å²) in [5.74, 6) is 1.08. The Bertz CT molecular complexity index is 435. The number of hydrogen-bond acceptors (Lipinski definition) is 2. The first-order valence-corrected chi connectivity index (χ1v) is 6.58. The molecule has 104 valence electrons. The number of nitrogens with zero attached hydrogens (tertiary/aromatic N) is 1. The van der Waals surface area contributed by atoms with Crippen LogP contribution in [0.5, 0.6) is 5.75 Å². The van der Waals surface area contributed by atoms with Crippen LogP contribution in [0.2, 0.25) is 0 Å². The van der Waals surface area contributed by atoms with Crippen molar-refractivity contribution in [3.8, 4) is 5.75 Å². The van der Waals surface area contributed by atoms with E-state index in [0.717, 1.165) is 44.6 Å². The van der Waals surface area contributed by atoms with Crippen molar-refractivity contribution in [1.82, 2.24) is 4.90 Å². The smallest absolute Gasteiger partial charge is 0.416 e. The second kappa shape index (κ2) is 4.71. The fraction of sp³-hybridized carbons (Fsp3) is 0.571. The fourth-order valence-electron chi connectivity index (χ4n) is 2.94. The van der Waals surface area contributed by atoms with E-state index < -0.39 is 11.7 Å². The maximum Gasteiger partial charge on any atom is 0.416 e. The van der Waals surface area contributed by atoms with Gasteiger partial charge in [0, 0.05) is 6.54 Å². The lowest BCUT2D eigenvalue weighted by Crippen LogP contribution is -2.52. The van der Waals surface area contributed by atoms with Crippen LogP contribution >= 0.6 is 0 Å². The van der Waals surface area contributed by atoms with Crippen LogP contribution in [-0.2, 0) is 6.18 Å². The molecule has 0 radical (unpaired) electrons. The third-order valence-corrected chi connectivity index (χ3v) is 4.07. The van der Waals surface area contributed by atoms with E-state index in [1.54, 1.807) is 0 Å². The Labute approximate surface area is 110 Å². The quantitative estimate of drug-likeness (QED) is 0.819. The Hall–Kier alpha value is -1.23. The van der Waals surface area contributed by atoms with Crippen LogP contribution in [0.3, 0.4) is 0 Å². The summed E-state index contributed by atoms with van der Waals surface area (Å²) in [6, 6.07) is 4.99. The molecule has 3 saturated heterocycles. The van der Waals surface area contributed by atoms with Crippen molar-refractivity contribution in [2.45, 2.75) is 25.1 Å². The Morgan fingerprint density at radius 3 is 2.16 bits per heavy atom. The first kappa shape index (κ1) is 12.8. The van der Waals surface area contributed by atoms with Crippen LogP contribution in [0.1, 0.15) is 18.4 Å². The van der Waals surface area contributed by atoms with Crippen LogP contribution in [0.25, 0.3) is 0 Å². The number of hydrogen-bond donors (Lipinski definition) is 0. The maximum atomic E-state index is 12.5. The average molecular weight is 271 g/mol. The van der Waals surface area contributed by atoms with Gasteiger partial charge in [-0.1, -0.05) is 0 Å². The van der Waals surface area contributed by atoms with Crippen molar-refractivity contribution >= 4 is 0 Å². The molecule has 3 heterocycles. The number of alkyl halides is 3. The summed E-state index contributed by atoms with van der Waals surface area (Å²) in [4.78, 5) is 2.36. The van der Waals surface area contributed by atoms with Crippen molar-refractivity contribution in [1.29, 1.82) is 0 Å².